The van der Waals surface area contributed by atoms with Crippen molar-refractivity contribution in [1.82, 2.24) is 4.98 Å². The summed E-state index contributed by atoms with van der Waals surface area (Å²) >= 11 is 1.65. The van der Waals surface area contributed by atoms with Crippen molar-refractivity contribution >= 4 is 11.3 Å². The Balaban J connectivity index is 2.38. The molecule has 0 bridgehead atoms. The maximum absolute atomic E-state index is 8.61. The van der Waals surface area contributed by atoms with Crippen LogP contribution in [-0.2, 0) is 6.42 Å². The number of thiazole rings is 1. The average Bonchev–Trinajstić information content (AvgIpc) is 2.77. The molecule has 0 N–H and O–H groups in total. The summed E-state index contributed by atoms with van der Waals surface area (Å²) < 4.78 is 5.36. The average molecular weight is 258 g/mol. The molecule has 0 amide bonds. The minimum Gasteiger partial charge on any atom is -0.496 e. The molecular weight excluding hydrogens is 244 g/mol. The Morgan fingerprint density at radius 3 is 2.89 bits per heavy atom. The van der Waals surface area contributed by atoms with Gasteiger partial charge in [0.15, 0.2) is 0 Å². The van der Waals surface area contributed by atoms with Gasteiger partial charge in [-0.05, 0) is 19.1 Å². The van der Waals surface area contributed by atoms with Crippen LogP contribution in [0.15, 0.2) is 24.3 Å². The van der Waals surface area contributed by atoms with E-state index < -0.39 is 0 Å². The first-order valence-corrected chi connectivity index (χ1v) is 6.54. The number of methoxy groups -OCH3 is 1. The van der Waals surface area contributed by atoms with Gasteiger partial charge < -0.3 is 4.74 Å². The van der Waals surface area contributed by atoms with Crippen LogP contribution in [0.2, 0.25) is 0 Å². The summed E-state index contributed by atoms with van der Waals surface area (Å²) in [5.74, 6) is 0.831. The second-order valence-corrected chi connectivity index (χ2v) is 5.16. The lowest BCUT2D eigenvalue weighted by molar-refractivity contribution is 0.416. The lowest BCUT2D eigenvalue weighted by Gasteiger charge is -2.06. The molecule has 0 saturated carbocycles. The molecule has 0 atom stereocenters. The van der Waals surface area contributed by atoms with E-state index in [0.29, 0.717) is 6.42 Å². The van der Waals surface area contributed by atoms with Crippen LogP contribution in [0.5, 0.6) is 5.75 Å². The van der Waals surface area contributed by atoms with Crippen molar-refractivity contribution in [2.45, 2.75) is 19.8 Å². The van der Waals surface area contributed by atoms with Crippen molar-refractivity contribution in [2.75, 3.05) is 7.11 Å². The number of hydrogen-bond donors (Lipinski definition) is 0. The Labute approximate surface area is 111 Å². The number of ether oxygens (including phenoxy) is 1. The zero-order valence-electron chi connectivity index (χ0n) is 10.4. The number of benzene rings is 1. The second-order valence-electron chi connectivity index (χ2n) is 3.87. The van der Waals surface area contributed by atoms with Crippen LogP contribution >= 0.6 is 11.3 Å². The first-order valence-electron chi connectivity index (χ1n) is 5.73. The van der Waals surface area contributed by atoms with E-state index in [4.69, 9.17) is 10.00 Å². The highest BCUT2D eigenvalue weighted by atomic mass is 32.1. The topological polar surface area (TPSA) is 45.9 Å². The molecule has 3 nitrogen and oxygen atoms in total. The second kappa shape index (κ2) is 5.65. The van der Waals surface area contributed by atoms with Crippen molar-refractivity contribution in [3.63, 3.8) is 0 Å². The largest absolute Gasteiger partial charge is 0.496 e. The highest BCUT2D eigenvalue weighted by Crippen LogP contribution is 2.34. The van der Waals surface area contributed by atoms with E-state index >= 15 is 0 Å². The summed E-state index contributed by atoms with van der Waals surface area (Å²) in [6, 6.07) is 10.0. The van der Waals surface area contributed by atoms with Gasteiger partial charge in [-0.3, -0.25) is 0 Å². The van der Waals surface area contributed by atoms with Gasteiger partial charge in [0.25, 0.3) is 0 Å². The van der Waals surface area contributed by atoms with Crippen molar-refractivity contribution in [1.29, 1.82) is 5.26 Å². The molecule has 0 unspecified atom stereocenters. The molecule has 0 aliphatic carbocycles. The van der Waals surface area contributed by atoms with E-state index in [1.807, 2.05) is 24.3 Å². The third kappa shape index (κ3) is 2.52. The lowest BCUT2D eigenvalue weighted by atomic mass is 10.1. The number of para-hydroxylation sites is 1. The summed E-state index contributed by atoms with van der Waals surface area (Å²) in [5.41, 5.74) is 1.97. The van der Waals surface area contributed by atoms with Crippen LogP contribution in [0.4, 0.5) is 0 Å². The predicted octanol–water partition coefficient (Wildman–Crippen LogP) is 3.58. The van der Waals surface area contributed by atoms with E-state index in [0.717, 1.165) is 33.3 Å². The Morgan fingerprint density at radius 1 is 1.39 bits per heavy atom. The summed E-state index contributed by atoms with van der Waals surface area (Å²) in [4.78, 5) is 5.77. The van der Waals surface area contributed by atoms with Gasteiger partial charge in [0.1, 0.15) is 5.75 Å². The molecule has 0 aliphatic heterocycles. The third-order valence-electron chi connectivity index (χ3n) is 2.65. The fourth-order valence-corrected chi connectivity index (χ4v) is 2.76. The van der Waals surface area contributed by atoms with E-state index in [1.54, 1.807) is 18.4 Å². The Kier molecular flexibility index (Phi) is 3.96. The Morgan fingerprint density at radius 2 is 2.17 bits per heavy atom. The molecule has 0 radical (unpaired) electrons. The van der Waals surface area contributed by atoms with Crippen LogP contribution in [-0.4, -0.2) is 12.1 Å². The fourth-order valence-electron chi connectivity index (χ4n) is 1.81. The van der Waals surface area contributed by atoms with Crippen molar-refractivity contribution in [3.8, 4) is 23.1 Å². The standard InChI is InChI=1S/C14H14N2OS/c1-10-14(16-13(18-10)8-5-9-15)11-6-3-4-7-12(11)17-2/h3-4,6-7H,5,8H2,1-2H3. The molecule has 0 spiro atoms. The normalized spacial score (nSPS) is 10.1. The molecule has 92 valence electrons. The zero-order chi connectivity index (χ0) is 13.0. The minimum atomic E-state index is 0.512. The molecular formula is C14H14N2OS. The number of aromatic nitrogens is 1. The zero-order valence-corrected chi connectivity index (χ0v) is 11.3. The Hall–Kier alpha value is -1.86. The van der Waals surface area contributed by atoms with Gasteiger partial charge in [0, 0.05) is 23.3 Å². The van der Waals surface area contributed by atoms with Gasteiger partial charge in [0.05, 0.1) is 23.9 Å². The number of rotatable bonds is 4. The lowest BCUT2D eigenvalue weighted by Crippen LogP contribution is -1.89. The number of nitriles is 1. The molecule has 0 fully saturated rings. The molecule has 1 heterocycles. The summed E-state index contributed by atoms with van der Waals surface area (Å²) in [6.07, 6.45) is 1.23. The van der Waals surface area contributed by atoms with Gasteiger partial charge in [0.2, 0.25) is 0 Å². The van der Waals surface area contributed by atoms with Gasteiger partial charge >= 0.3 is 0 Å². The van der Waals surface area contributed by atoms with Crippen LogP contribution in [0.25, 0.3) is 11.3 Å². The quantitative estimate of drug-likeness (QED) is 0.842. The molecule has 0 aliphatic rings. The molecule has 0 saturated heterocycles. The first kappa shape index (κ1) is 12.6. The predicted molar refractivity (Wildman–Crippen MR) is 72.8 cm³/mol. The maximum Gasteiger partial charge on any atom is 0.128 e. The highest BCUT2D eigenvalue weighted by Gasteiger charge is 2.13. The van der Waals surface area contributed by atoms with Crippen LogP contribution in [0.1, 0.15) is 16.3 Å². The molecule has 2 aromatic rings. The van der Waals surface area contributed by atoms with Crippen molar-refractivity contribution < 1.29 is 4.74 Å². The minimum absolute atomic E-state index is 0.512. The SMILES string of the molecule is COc1ccccc1-c1nc(CCC#N)sc1C. The van der Waals surface area contributed by atoms with E-state index in [2.05, 4.69) is 18.0 Å². The Bertz CT molecular complexity index is 584. The molecule has 1 aromatic heterocycles. The van der Waals surface area contributed by atoms with Gasteiger partial charge in [-0.25, -0.2) is 4.98 Å². The summed E-state index contributed by atoms with van der Waals surface area (Å²) in [6.45, 7) is 2.05. The molecule has 2 rings (SSSR count). The molecule has 1 aromatic carbocycles. The fraction of sp³-hybridized carbons (Fsp3) is 0.286. The number of aryl methyl sites for hydroxylation is 2. The maximum atomic E-state index is 8.61. The van der Waals surface area contributed by atoms with Gasteiger partial charge in [-0.15, -0.1) is 11.3 Å². The highest BCUT2D eigenvalue weighted by molar-refractivity contribution is 7.12. The number of hydrogen-bond acceptors (Lipinski definition) is 4. The van der Waals surface area contributed by atoms with Crippen molar-refractivity contribution in [2.24, 2.45) is 0 Å². The molecule has 4 heteroatoms. The van der Waals surface area contributed by atoms with Crippen molar-refractivity contribution in [3.05, 3.63) is 34.2 Å². The van der Waals surface area contributed by atoms with Crippen LogP contribution in [0, 0.1) is 18.3 Å². The van der Waals surface area contributed by atoms with Gasteiger partial charge in [-0.1, -0.05) is 12.1 Å². The monoisotopic (exact) mass is 258 g/mol. The number of nitrogens with zero attached hydrogens (tertiary/aromatic N) is 2. The third-order valence-corrected chi connectivity index (χ3v) is 3.68. The van der Waals surface area contributed by atoms with E-state index in [1.165, 1.54) is 0 Å². The van der Waals surface area contributed by atoms with Gasteiger partial charge in [-0.2, -0.15) is 5.26 Å². The summed E-state index contributed by atoms with van der Waals surface area (Å²) in [7, 11) is 1.66. The van der Waals surface area contributed by atoms with E-state index in [-0.39, 0.29) is 0 Å². The van der Waals surface area contributed by atoms with Crippen LogP contribution in [0.3, 0.4) is 0 Å². The first-order chi connectivity index (χ1) is 8.76. The molecule has 18 heavy (non-hydrogen) atoms. The van der Waals surface area contributed by atoms with E-state index in [9.17, 15) is 0 Å². The smallest absolute Gasteiger partial charge is 0.128 e. The van der Waals surface area contributed by atoms with Crippen LogP contribution < -0.4 is 4.74 Å². The summed E-state index contributed by atoms with van der Waals surface area (Å²) in [5, 5.41) is 9.62.